The molecule has 0 fully saturated rings. The molecule has 1 N–H and O–H groups in total. The number of hydrogen-bond donors (Lipinski definition) is 1. The standard InChI is InChI=1S/C31H31ClN4O4S/c1-20-17-21(2)34-31(33-20)41-19-28(37)36(18-22-5-9-24(32)10-6-22)29(23-7-13-26(39-3)14-8-23)30(38)35-25-11-15-27(40-4)16-12-25/h5-17,29H,18-19H2,1-4H3,(H,35,38). The normalized spacial score (nSPS) is 11.4. The molecule has 1 unspecified atom stereocenters. The van der Waals surface area contributed by atoms with E-state index in [1.807, 2.05) is 32.0 Å². The van der Waals surface area contributed by atoms with Gasteiger partial charge in [-0.3, -0.25) is 9.59 Å². The number of amides is 2. The maximum absolute atomic E-state index is 14.0. The minimum absolute atomic E-state index is 0.0406. The Hall–Kier alpha value is -4.08. The van der Waals surface area contributed by atoms with Crippen LogP contribution in [0.1, 0.15) is 28.6 Å². The minimum atomic E-state index is -0.952. The molecule has 0 bridgehead atoms. The number of nitrogens with zero attached hydrogens (tertiary/aromatic N) is 3. The van der Waals surface area contributed by atoms with Gasteiger partial charge in [0.2, 0.25) is 5.91 Å². The largest absolute Gasteiger partial charge is 0.497 e. The quantitative estimate of drug-likeness (QED) is 0.163. The van der Waals surface area contributed by atoms with Crippen molar-refractivity contribution in [3.05, 3.63) is 106 Å². The lowest BCUT2D eigenvalue weighted by atomic mass is 10.0. The van der Waals surface area contributed by atoms with Gasteiger partial charge in [0.15, 0.2) is 5.16 Å². The predicted octanol–water partition coefficient (Wildman–Crippen LogP) is 6.26. The summed E-state index contributed by atoms with van der Waals surface area (Å²) in [5.41, 5.74) is 3.67. The van der Waals surface area contributed by atoms with Crippen molar-refractivity contribution in [2.24, 2.45) is 0 Å². The highest BCUT2D eigenvalue weighted by Crippen LogP contribution is 2.29. The van der Waals surface area contributed by atoms with Gasteiger partial charge in [-0.1, -0.05) is 47.6 Å². The van der Waals surface area contributed by atoms with Crippen molar-refractivity contribution in [3.63, 3.8) is 0 Å². The van der Waals surface area contributed by atoms with Gasteiger partial charge in [-0.05, 0) is 79.6 Å². The van der Waals surface area contributed by atoms with Gasteiger partial charge in [0, 0.05) is 28.6 Å². The van der Waals surface area contributed by atoms with Crippen LogP contribution in [0.25, 0.3) is 0 Å². The molecule has 10 heteroatoms. The van der Waals surface area contributed by atoms with Crippen LogP contribution in [0.5, 0.6) is 11.5 Å². The van der Waals surface area contributed by atoms with Gasteiger partial charge in [-0.15, -0.1) is 0 Å². The summed E-state index contributed by atoms with van der Waals surface area (Å²) in [6.07, 6.45) is 0. The van der Waals surface area contributed by atoms with Crippen LogP contribution in [0.2, 0.25) is 5.02 Å². The molecule has 0 aliphatic rings. The van der Waals surface area contributed by atoms with Gasteiger partial charge in [0.1, 0.15) is 17.5 Å². The average molecular weight is 591 g/mol. The fourth-order valence-corrected chi connectivity index (χ4v) is 5.18. The first kappa shape index (κ1) is 29.9. The van der Waals surface area contributed by atoms with Crippen molar-refractivity contribution in [1.29, 1.82) is 0 Å². The van der Waals surface area contributed by atoms with E-state index in [0.717, 1.165) is 17.0 Å². The lowest BCUT2D eigenvalue weighted by molar-refractivity contribution is -0.137. The summed E-state index contributed by atoms with van der Waals surface area (Å²) in [5.74, 6) is 0.730. The highest BCUT2D eigenvalue weighted by molar-refractivity contribution is 7.99. The number of halogens is 1. The van der Waals surface area contributed by atoms with E-state index < -0.39 is 6.04 Å². The van der Waals surface area contributed by atoms with Crippen LogP contribution in [0.4, 0.5) is 5.69 Å². The third-order valence-electron chi connectivity index (χ3n) is 6.22. The summed E-state index contributed by atoms with van der Waals surface area (Å²) in [4.78, 5) is 38.4. The summed E-state index contributed by atoms with van der Waals surface area (Å²) in [5, 5.41) is 4.05. The minimum Gasteiger partial charge on any atom is -0.497 e. The number of benzene rings is 3. The molecule has 0 saturated heterocycles. The molecule has 0 aliphatic carbocycles. The van der Waals surface area contributed by atoms with E-state index in [9.17, 15) is 9.59 Å². The van der Waals surface area contributed by atoms with Gasteiger partial charge in [0.25, 0.3) is 5.91 Å². The molecular weight excluding hydrogens is 560 g/mol. The summed E-state index contributed by atoms with van der Waals surface area (Å²) in [7, 11) is 3.15. The molecule has 1 heterocycles. The van der Waals surface area contributed by atoms with Gasteiger partial charge < -0.3 is 19.7 Å². The molecule has 8 nitrogen and oxygen atoms in total. The highest BCUT2D eigenvalue weighted by atomic mass is 35.5. The Labute approximate surface area is 249 Å². The van der Waals surface area contributed by atoms with Gasteiger partial charge in [0.05, 0.1) is 20.0 Å². The number of carbonyl (C=O) groups excluding carboxylic acids is 2. The SMILES string of the molecule is COc1ccc(NC(=O)C(c2ccc(OC)cc2)N(Cc2ccc(Cl)cc2)C(=O)CSc2nc(C)cc(C)n2)cc1. The second-order valence-corrected chi connectivity index (χ2v) is 10.6. The molecule has 0 spiro atoms. The zero-order valence-corrected chi connectivity index (χ0v) is 24.8. The Morgan fingerprint density at radius 2 is 1.44 bits per heavy atom. The van der Waals surface area contributed by atoms with E-state index in [-0.39, 0.29) is 24.1 Å². The molecule has 1 aromatic heterocycles. The fourth-order valence-electron chi connectivity index (χ4n) is 4.22. The van der Waals surface area contributed by atoms with Crippen LogP contribution in [0, 0.1) is 13.8 Å². The van der Waals surface area contributed by atoms with Crippen LogP contribution in [0.15, 0.2) is 84.0 Å². The summed E-state index contributed by atoms with van der Waals surface area (Å²) in [6, 6.07) is 22.3. The van der Waals surface area contributed by atoms with E-state index >= 15 is 0 Å². The first-order valence-corrected chi connectivity index (χ1v) is 14.2. The predicted molar refractivity (Wildman–Crippen MR) is 162 cm³/mol. The molecule has 0 radical (unpaired) electrons. The topological polar surface area (TPSA) is 93.7 Å². The number of carbonyl (C=O) groups is 2. The number of ether oxygens (including phenoxy) is 2. The van der Waals surface area contributed by atoms with Gasteiger partial charge >= 0.3 is 0 Å². The molecule has 0 saturated carbocycles. The van der Waals surface area contributed by atoms with Crippen LogP contribution in [-0.4, -0.2) is 46.7 Å². The van der Waals surface area contributed by atoms with Crippen molar-refractivity contribution in [3.8, 4) is 11.5 Å². The van der Waals surface area contributed by atoms with Crippen LogP contribution in [0.3, 0.4) is 0 Å². The fraction of sp³-hybridized carbons (Fsp3) is 0.226. The van der Waals surface area contributed by atoms with E-state index in [4.69, 9.17) is 21.1 Å². The molecule has 3 aromatic carbocycles. The molecule has 4 rings (SSSR count). The number of aryl methyl sites for hydroxylation is 2. The zero-order valence-electron chi connectivity index (χ0n) is 23.3. The average Bonchev–Trinajstić information content (AvgIpc) is 2.97. The Morgan fingerprint density at radius 1 is 0.878 bits per heavy atom. The van der Waals surface area contributed by atoms with E-state index in [2.05, 4.69) is 15.3 Å². The van der Waals surface area contributed by atoms with E-state index in [1.54, 1.807) is 79.8 Å². The first-order chi connectivity index (χ1) is 19.7. The monoisotopic (exact) mass is 590 g/mol. The molecule has 2 amide bonds. The smallest absolute Gasteiger partial charge is 0.251 e. The molecule has 212 valence electrons. The number of anilines is 1. The molecule has 0 aliphatic heterocycles. The zero-order chi connectivity index (χ0) is 29.4. The second-order valence-electron chi connectivity index (χ2n) is 9.26. The molecular formula is C31H31ClN4O4S. The number of nitrogens with one attached hydrogen (secondary N) is 1. The molecule has 4 aromatic rings. The van der Waals surface area contributed by atoms with E-state index in [1.165, 1.54) is 11.8 Å². The number of methoxy groups -OCH3 is 2. The Bertz CT molecular complexity index is 1460. The number of hydrogen-bond acceptors (Lipinski definition) is 7. The van der Waals surface area contributed by atoms with Crippen molar-refractivity contribution in [2.45, 2.75) is 31.6 Å². The van der Waals surface area contributed by atoms with Crippen LogP contribution < -0.4 is 14.8 Å². The van der Waals surface area contributed by atoms with E-state index in [0.29, 0.717) is 32.9 Å². The Kier molecular flexibility index (Phi) is 10.2. The second kappa shape index (κ2) is 14.0. The summed E-state index contributed by atoms with van der Waals surface area (Å²) in [6.45, 7) is 3.95. The van der Waals surface area contributed by atoms with Crippen LogP contribution in [-0.2, 0) is 16.1 Å². The molecule has 41 heavy (non-hydrogen) atoms. The van der Waals surface area contributed by atoms with Crippen molar-refractivity contribution in [2.75, 3.05) is 25.3 Å². The first-order valence-electron chi connectivity index (χ1n) is 12.8. The maximum Gasteiger partial charge on any atom is 0.251 e. The molecule has 1 atom stereocenters. The maximum atomic E-state index is 14.0. The third-order valence-corrected chi connectivity index (χ3v) is 7.31. The van der Waals surface area contributed by atoms with Crippen LogP contribution >= 0.6 is 23.4 Å². The lowest BCUT2D eigenvalue weighted by Gasteiger charge is -2.31. The number of thioether (sulfide) groups is 1. The van der Waals surface area contributed by atoms with Crippen molar-refractivity contribution >= 4 is 40.9 Å². The summed E-state index contributed by atoms with van der Waals surface area (Å²) >= 11 is 7.36. The highest BCUT2D eigenvalue weighted by Gasteiger charge is 2.32. The summed E-state index contributed by atoms with van der Waals surface area (Å²) < 4.78 is 10.6. The number of aromatic nitrogens is 2. The van der Waals surface area contributed by atoms with Crippen molar-refractivity contribution < 1.29 is 19.1 Å². The van der Waals surface area contributed by atoms with Gasteiger partial charge in [-0.2, -0.15) is 0 Å². The third kappa shape index (κ3) is 8.22. The lowest BCUT2D eigenvalue weighted by Crippen LogP contribution is -2.41. The Morgan fingerprint density at radius 3 is 2.00 bits per heavy atom. The Balaban J connectivity index is 1.70. The van der Waals surface area contributed by atoms with Gasteiger partial charge in [-0.25, -0.2) is 9.97 Å². The van der Waals surface area contributed by atoms with Crippen molar-refractivity contribution in [1.82, 2.24) is 14.9 Å². The number of rotatable bonds is 11.